The lowest BCUT2D eigenvalue weighted by Crippen LogP contribution is -2.21. The number of benzene rings is 2. The largest absolute Gasteiger partial charge is 0.376 e. The van der Waals surface area contributed by atoms with Crippen molar-refractivity contribution in [2.75, 3.05) is 17.2 Å². The van der Waals surface area contributed by atoms with Crippen molar-refractivity contribution in [2.24, 2.45) is 0 Å². The van der Waals surface area contributed by atoms with Crippen LogP contribution in [0.2, 0.25) is 5.02 Å². The summed E-state index contributed by atoms with van der Waals surface area (Å²) in [6, 6.07) is 11.4. The van der Waals surface area contributed by atoms with E-state index in [1.165, 1.54) is 0 Å². The average molecular weight is 368 g/mol. The lowest BCUT2D eigenvalue weighted by Gasteiger charge is -2.10. The summed E-state index contributed by atoms with van der Waals surface area (Å²) in [4.78, 5) is 11.9. The summed E-state index contributed by atoms with van der Waals surface area (Å²) < 4.78 is 0.870. The third kappa shape index (κ3) is 4.48. The number of hydrogen-bond acceptors (Lipinski definition) is 2. The molecule has 0 unspecified atom stereocenters. The van der Waals surface area contributed by atoms with Crippen LogP contribution in [0, 0.1) is 13.8 Å². The third-order valence-electron chi connectivity index (χ3n) is 3.02. The minimum Gasteiger partial charge on any atom is -0.376 e. The number of aryl methyl sites for hydroxylation is 2. The Bertz CT molecular complexity index is 673. The molecule has 21 heavy (non-hydrogen) atoms. The van der Waals surface area contributed by atoms with Crippen molar-refractivity contribution >= 4 is 44.8 Å². The van der Waals surface area contributed by atoms with Crippen molar-refractivity contribution in [2.45, 2.75) is 13.8 Å². The van der Waals surface area contributed by atoms with Crippen molar-refractivity contribution in [3.05, 3.63) is 57.0 Å². The first-order valence-electron chi connectivity index (χ1n) is 6.52. The van der Waals surface area contributed by atoms with Crippen molar-refractivity contribution in [1.29, 1.82) is 0 Å². The van der Waals surface area contributed by atoms with Gasteiger partial charge in [-0.05, 0) is 65.2 Å². The summed E-state index contributed by atoms with van der Waals surface area (Å²) in [5.41, 5.74) is 3.72. The van der Waals surface area contributed by atoms with Gasteiger partial charge in [-0.1, -0.05) is 23.7 Å². The van der Waals surface area contributed by atoms with Crippen LogP contribution in [0.4, 0.5) is 11.4 Å². The zero-order valence-corrected chi connectivity index (χ0v) is 14.2. The maximum atomic E-state index is 11.9. The molecule has 0 aliphatic rings. The summed E-state index contributed by atoms with van der Waals surface area (Å²) in [5, 5.41) is 6.59. The second kappa shape index (κ2) is 6.96. The van der Waals surface area contributed by atoms with Gasteiger partial charge in [0, 0.05) is 15.2 Å². The van der Waals surface area contributed by atoms with E-state index in [9.17, 15) is 4.79 Å². The normalized spacial score (nSPS) is 10.3. The molecule has 0 saturated carbocycles. The molecule has 0 aliphatic carbocycles. The second-order valence-electron chi connectivity index (χ2n) is 4.85. The minimum absolute atomic E-state index is 0.115. The van der Waals surface area contributed by atoms with Crippen LogP contribution < -0.4 is 10.6 Å². The molecule has 0 radical (unpaired) electrons. The molecule has 0 aliphatic heterocycles. The van der Waals surface area contributed by atoms with Gasteiger partial charge in [0.1, 0.15) is 0 Å². The van der Waals surface area contributed by atoms with Gasteiger partial charge >= 0.3 is 0 Å². The first-order chi connectivity index (χ1) is 9.95. The minimum atomic E-state index is -0.115. The highest BCUT2D eigenvalue weighted by atomic mass is 79.9. The molecular weight excluding hydrogens is 352 g/mol. The quantitative estimate of drug-likeness (QED) is 0.817. The maximum absolute atomic E-state index is 11.9. The van der Waals surface area contributed by atoms with Gasteiger partial charge in [0.05, 0.1) is 12.2 Å². The lowest BCUT2D eigenvalue weighted by molar-refractivity contribution is -0.114. The zero-order valence-electron chi connectivity index (χ0n) is 11.8. The molecule has 3 nitrogen and oxygen atoms in total. The molecule has 2 N–H and O–H groups in total. The van der Waals surface area contributed by atoms with Crippen LogP contribution in [0.3, 0.4) is 0 Å². The summed E-state index contributed by atoms with van der Waals surface area (Å²) in [6.45, 7) is 4.12. The summed E-state index contributed by atoms with van der Waals surface area (Å²) in [6.07, 6.45) is 0. The van der Waals surface area contributed by atoms with Crippen molar-refractivity contribution in [3.63, 3.8) is 0 Å². The predicted octanol–water partition coefficient (Wildman–Crippen LogP) is 4.77. The fraction of sp³-hybridized carbons (Fsp3) is 0.188. The highest BCUT2D eigenvalue weighted by Crippen LogP contribution is 2.23. The van der Waals surface area contributed by atoms with Crippen LogP contribution in [-0.2, 0) is 4.79 Å². The van der Waals surface area contributed by atoms with E-state index >= 15 is 0 Å². The van der Waals surface area contributed by atoms with Gasteiger partial charge in [-0.2, -0.15) is 0 Å². The number of carbonyl (C=O) groups excluding carboxylic acids is 1. The van der Waals surface area contributed by atoms with Crippen LogP contribution >= 0.6 is 27.5 Å². The Morgan fingerprint density at radius 2 is 1.95 bits per heavy atom. The molecule has 0 heterocycles. The molecule has 0 aromatic heterocycles. The molecule has 110 valence electrons. The Morgan fingerprint density at radius 1 is 1.19 bits per heavy atom. The van der Waals surface area contributed by atoms with Crippen LogP contribution in [0.15, 0.2) is 40.9 Å². The first kappa shape index (κ1) is 15.9. The average Bonchev–Trinajstić information content (AvgIpc) is 2.43. The fourth-order valence-electron chi connectivity index (χ4n) is 1.80. The van der Waals surface area contributed by atoms with Gasteiger partial charge in [0.2, 0.25) is 5.91 Å². The Labute approximate surface area is 137 Å². The highest BCUT2D eigenvalue weighted by Gasteiger charge is 2.06. The Hall–Kier alpha value is -1.52. The molecule has 5 heteroatoms. The predicted molar refractivity (Wildman–Crippen MR) is 92.2 cm³/mol. The van der Waals surface area contributed by atoms with Crippen LogP contribution in [0.25, 0.3) is 0 Å². The molecule has 0 atom stereocenters. The van der Waals surface area contributed by atoms with E-state index in [1.54, 1.807) is 0 Å². The molecule has 1 amide bonds. The number of anilines is 2. The Morgan fingerprint density at radius 3 is 2.62 bits per heavy atom. The molecule has 0 bridgehead atoms. The van der Waals surface area contributed by atoms with Crippen LogP contribution in [0.1, 0.15) is 11.1 Å². The van der Waals surface area contributed by atoms with Gasteiger partial charge in [0.25, 0.3) is 0 Å². The van der Waals surface area contributed by atoms with E-state index in [4.69, 9.17) is 11.6 Å². The second-order valence-corrected chi connectivity index (χ2v) is 6.11. The topological polar surface area (TPSA) is 41.1 Å². The van der Waals surface area contributed by atoms with E-state index in [2.05, 4.69) is 26.6 Å². The molecule has 2 aromatic rings. The Kier molecular flexibility index (Phi) is 5.26. The van der Waals surface area contributed by atoms with Gasteiger partial charge in [0.15, 0.2) is 0 Å². The number of hydrogen-bond donors (Lipinski definition) is 2. The highest BCUT2D eigenvalue weighted by molar-refractivity contribution is 9.10. The molecule has 0 saturated heterocycles. The van der Waals surface area contributed by atoms with Crippen molar-refractivity contribution < 1.29 is 4.79 Å². The van der Waals surface area contributed by atoms with E-state index in [-0.39, 0.29) is 12.5 Å². The molecule has 2 aromatic carbocycles. The third-order valence-corrected chi connectivity index (χ3v) is 4.09. The summed E-state index contributed by atoms with van der Waals surface area (Å²) in [5.74, 6) is -0.115. The van der Waals surface area contributed by atoms with Gasteiger partial charge < -0.3 is 10.6 Å². The van der Waals surface area contributed by atoms with Crippen LogP contribution in [0.5, 0.6) is 0 Å². The van der Waals surface area contributed by atoms with Crippen LogP contribution in [-0.4, -0.2) is 12.5 Å². The number of amides is 1. The van der Waals surface area contributed by atoms with Gasteiger partial charge in [-0.15, -0.1) is 0 Å². The smallest absolute Gasteiger partial charge is 0.243 e. The molecule has 0 spiro atoms. The number of carbonyl (C=O) groups is 1. The fourth-order valence-corrected chi connectivity index (χ4v) is 2.57. The van der Waals surface area contributed by atoms with E-state index in [0.717, 1.165) is 27.0 Å². The zero-order chi connectivity index (χ0) is 15.4. The van der Waals surface area contributed by atoms with Gasteiger partial charge in [-0.25, -0.2) is 0 Å². The van der Waals surface area contributed by atoms with E-state index in [0.29, 0.717) is 5.02 Å². The van der Waals surface area contributed by atoms with Gasteiger partial charge in [-0.3, -0.25) is 4.79 Å². The number of nitrogens with one attached hydrogen (secondary N) is 2. The summed E-state index contributed by atoms with van der Waals surface area (Å²) >= 11 is 9.48. The monoisotopic (exact) mass is 366 g/mol. The first-order valence-corrected chi connectivity index (χ1v) is 7.69. The molecule has 0 fully saturated rings. The SMILES string of the molecule is Cc1ccc(NC(=O)CNc2ccc(C)c(Cl)c2)c(Br)c1. The Balaban J connectivity index is 1.94. The summed E-state index contributed by atoms with van der Waals surface area (Å²) in [7, 11) is 0. The van der Waals surface area contributed by atoms with Crippen molar-refractivity contribution in [1.82, 2.24) is 0 Å². The molecular formula is C16H16BrClN2O. The molecule has 2 rings (SSSR count). The van der Waals surface area contributed by atoms with E-state index in [1.807, 2.05) is 50.2 Å². The van der Waals surface area contributed by atoms with Crippen molar-refractivity contribution in [3.8, 4) is 0 Å². The lowest BCUT2D eigenvalue weighted by atomic mass is 10.2. The maximum Gasteiger partial charge on any atom is 0.243 e. The number of halogens is 2. The standard InChI is InChI=1S/C16H16BrClN2O/c1-10-3-6-15(13(17)7-10)20-16(21)9-19-12-5-4-11(2)14(18)8-12/h3-8,19H,9H2,1-2H3,(H,20,21). The van der Waals surface area contributed by atoms with E-state index < -0.39 is 0 Å². The number of rotatable bonds is 4.